The largest absolute Gasteiger partial charge is 0.492 e. The smallest absolute Gasteiger partial charge is 0.329 e. The van der Waals surface area contributed by atoms with Crippen molar-refractivity contribution in [1.29, 1.82) is 0 Å². The summed E-state index contributed by atoms with van der Waals surface area (Å²) in [6.07, 6.45) is 1.24. The van der Waals surface area contributed by atoms with Gasteiger partial charge < -0.3 is 25.2 Å². The van der Waals surface area contributed by atoms with E-state index in [0.29, 0.717) is 41.5 Å². The van der Waals surface area contributed by atoms with E-state index in [9.17, 15) is 19.8 Å². The Balaban J connectivity index is 0.00000462. The fourth-order valence-electron chi connectivity index (χ4n) is 5.11. The predicted molar refractivity (Wildman–Crippen MR) is 163 cm³/mol. The third kappa shape index (κ3) is 7.77. The summed E-state index contributed by atoms with van der Waals surface area (Å²) in [5.41, 5.74) is 2.61. The lowest BCUT2D eigenvalue weighted by molar-refractivity contribution is -0.147. The molecular weight excluding hydrogens is 565 g/mol. The molecule has 0 saturated heterocycles. The van der Waals surface area contributed by atoms with Crippen LogP contribution in [0.3, 0.4) is 0 Å². The van der Waals surface area contributed by atoms with Gasteiger partial charge in [-0.2, -0.15) is 0 Å². The van der Waals surface area contributed by atoms with E-state index in [4.69, 9.17) is 21.3 Å². The van der Waals surface area contributed by atoms with Crippen LogP contribution in [0.15, 0.2) is 54.6 Å². The number of aryl methyl sites for hydroxylation is 1. The van der Waals surface area contributed by atoms with E-state index in [1.807, 2.05) is 63.5 Å². The summed E-state index contributed by atoms with van der Waals surface area (Å²) < 4.78 is 5.99. The van der Waals surface area contributed by atoms with Crippen molar-refractivity contribution in [3.8, 4) is 28.1 Å². The van der Waals surface area contributed by atoms with Crippen LogP contribution in [0.2, 0.25) is 5.02 Å². The molecule has 2 unspecified atom stereocenters. The van der Waals surface area contributed by atoms with E-state index >= 15 is 0 Å². The SMILES string of the molecule is Cc1ccccc1-c1ccc(C(=O)NC2(C(=O)O)CCCC(O)C2)nc1-c1ccc(Cl)c(OCCCN(C)C)c1.Cl. The Morgan fingerprint density at radius 3 is 2.59 bits per heavy atom. The monoisotopic (exact) mass is 601 g/mol. The molecule has 1 saturated carbocycles. The first-order valence-electron chi connectivity index (χ1n) is 13.5. The van der Waals surface area contributed by atoms with Crippen LogP contribution < -0.4 is 10.1 Å². The van der Waals surface area contributed by atoms with Crippen molar-refractivity contribution in [3.63, 3.8) is 0 Å². The normalized spacial score (nSPS) is 18.4. The molecular formula is C31H37Cl2N3O5. The zero-order valence-electron chi connectivity index (χ0n) is 23.5. The molecule has 1 fully saturated rings. The molecule has 8 nitrogen and oxygen atoms in total. The van der Waals surface area contributed by atoms with Gasteiger partial charge >= 0.3 is 5.97 Å². The first-order chi connectivity index (χ1) is 19.1. The first-order valence-corrected chi connectivity index (χ1v) is 13.9. The number of aromatic nitrogens is 1. The van der Waals surface area contributed by atoms with Gasteiger partial charge in [-0.1, -0.05) is 41.9 Å². The van der Waals surface area contributed by atoms with Gasteiger partial charge in [0.15, 0.2) is 0 Å². The molecule has 41 heavy (non-hydrogen) atoms. The summed E-state index contributed by atoms with van der Waals surface area (Å²) in [4.78, 5) is 32.4. The zero-order valence-corrected chi connectivity index (χ0v) is 25.1. The molecule has 3 N–H and O–H groups in total. The number of hydrogen-bond donors (Lipinski definition) is 3. The molecule has 1 aliphatic carbocycles. The molecule has 0 aliphatic heterocycles. The molecule has 1 heterocycles. The van der Waals surface area contributed by atoms with Crippen LogP contribution >= 0.6 is 24.0 Å². The maximum absolute atomic E-state index is 13.4. The number of benzene rings is 2. The number of aliphatic hydroxyl groups is 1. The van der Waals surface area contributed by atoms with Crippen LogP contribution in [0.4, 0.5) is 0 Å². The standard InChI is InChI=1S/C31H36ClN3O5.ClH/c1-20-8-4-5-10-23(20)24-12-14-26(29(37)34-31(30(38)39)15-6-9-22(36)19-31)33-28(24)21-11-13-25(32)27(18-21)40-17-7-16-35(2)3;/h4-5,8,10-14,18,22,36H,6-7,9,15-17,19H2,1-3H3,(H,34,37)(H,38,39);1H. The van der Waals surface area contributed by atoms with Gasteiger partial charge in [0.1, 0.15) is 17.0 Å². The van der Waals surface area contributed by atoms with Gasteiger partial charge in [-0.05, 0) is 82.1 Å². The van der Waals surface area contributed by atoms with Gasteiger partial charge in [-0.3, -0.25) is 4.79 Å². The number of carbonyl (C=O) groups is 2. The van der Waals surface area contributed by atoms with Gasteiger partial charge in [0, 0.05) is 24.1 Å². The average Bonchev–Trinajstić information content (AvgIpc) is 2.92. The van der Waals surface area contributed by atoms with E-state index in [-0.39, 0.29) is 30.9 Å². The summed E-state index contributed by atoms with van der Waals surface area (Å²) >= 11 is 6.46. The Hall–Kier alpha value is -3.17. The lowest BCUT2D eigenvalue weighted by atomic mass is 9.80. The molecule has 1 aliphatic rings. The maximum Gasteiger partial charge on any atom is 0.329 e. The number of aliphatic carboxylic acids is 1. The summed E-state index contributed by atoms with van der Waals surface area (Å²) in [6, 6.07) is 16.7. The molecule has 2 atom stereocenters. The number of carboxylic acids is 1. The second kappa shape index (κ2) is 14.1. The van der Waals surface area contributed by atoms with Gasteiger partial charge in [0.2, 0.25) is 0 Å². The fourth-order valence-corrected chi connectivity index (χ4v) is 5.28. The minimum Gasteiger partial charge on any atom is -0.492 e. The second-order valence-electron chi connectivity index (χ2n) is 10.6. The van der Waals surface area contributed by atoms with Crippen LogP contribution in [-0.2, 0) is 4.79 Å². The highest BCUT2D eigenvalue weighted by molar-refractivity contribution is 6.32. The second-order valence-corrected chi connectivity index (χ2v) is 11.1. The molecule has 2 aromatic carbocycles. The van der Waals surface area contributed by atoms with Crippen molar-refractivity contribution >= 4 is 35.9 Å². The highest BCUT2D eigenvalue weighted by atomic mass is 35.5. The van der Waals surface area contributed by atoms with Crippen LogP contribution in [0, 0.1) is 6.92 Å². The molecule has 4 rings (SSSR count). The third-order valence-corrected chi connectivity index (χ3v) is 7.57. The van der Waals surface area contributed by atoms with E-state index in [0.717, 1.165) is 29.7 Å². The van der Waals surface area contributed by atoms with Gasteiger partial charge in [-0.25, -0.2) is 9.78 Å². The molecule has 3 aromatic rings. The lowest BCUT2D eigenvalue weighted by Crippen LogP contribution is -2.58. The number of rotatable bonds is 10. The molecule has 0 spiro atoms. The Kier molecular flexibility index (Phi) is 11.2. The quantitative estimate of drug-likeness (QED) is 0.259. The minimum absolute atomic E-state index is 0. The Morgan fingerprint density at radius 1 is 1.15 bits per heavy atom. The first kappa shape index (κ1) is 32.3. The highest BCUT2D eigenvalue weighted by Crippen LogP contribution is 2.37. The highest BCUT2D eigenvalue weighted by Gasteiger charge is 2.44. The van der Waals surface area contributed by atoms with Crippen LogP contribution in [0.5, 0.6) is 5.75 Å². The van der Waals surface area contributed by atoms with Crippen LogP contribution in [0.1, 0.15) is 48.2 Å². The summed E-state index contributed by atoms with van der Waals surface area (Å²) in [7, 11) is 4.01. The summed E-state index contributed by atoms with van der Waals surface area (Å²) in [5.74, 6) is -1.25. The maximum atomic E-state index is 13.4. The molecule has 1 amide bonds. The Labute approximate surface area is 252 Å². The van der Waals surface area contributed by atoms with Crippen molar-refractivity contribution in [2.45, 2.75) is 50.7 Å². The van der Waals surface area contributed by atoms with Gasteiger partial charge in [0.05, 0.1) is 23.4 Å². The fraction of sp³-hybridized carbons (Fsp3) is 0.387. The van der Waals surface area contributed by atoms with Crippen LogP contribution in [0.25, 0.3) is 22.4 Å². The van der Waals surface area contributed by atoms with E-state index in [2.05, 4.69) is 10.2 Å². The Bertz CT molecular complexity index is 1380. The van der Waals surface area contributed by atoms with E-state index in [1.165, 1.54) is 0 Å². The summed E-state index contributed by atoms with van der Waals surface area (Å²) in [6.45, 7) is 3.37. The number of amides is 1. The van der Waals surface area contributed by atoms with Crippen molar-refractivity contribution in [2.24, 2.45) is 0 Å². The number of ether oxygens (including phenoxy) is 1. The minimum atomic E-state index is -1.54. The van der Waals surface area contributed by atoms with Gasteiger partial charge in [-0.15, -0.1) is 12.4 Å². The average molecular weight is 603 g/mol. The lowest BCUT2D eigenvalue weighted by Gasteiger charge is -2.36. The number of halogens is 2. The van der Waals surface area contributed by atoms with E-state index in [1.54, 1.807) is 12.1 Å². The number of carbonyl (C=O) groups excluding carboxylic acids is 1. The number of carboxylic acid groups (broad SMARTS) is 1. The molecule has 1 aromatic heterocycles. The number of pyridine rings is 1. The van der Waals surface area contributed by atoms with Crippen molar-refractivity contribution in [2.75, 3.05) is 27.2 Å². The van der Waals surface area contributed by atoms with Crippen molar-refractivity contribution in [1.82, 2.24) is 15.2 Å². The van der Waals surface area contributed by atoms with Gasteiger partial charge in [0.25, 0.3) is 5.91 Å². The number of nitrogens with one attached hydrogen (secondary N) is 1. The number of aliphatic hydroxyl groups excluding tert-OH is 1. The third-order valence-electron chi connectivity index (χ3n) is 7.26. The molecule has 10 heteroatoms. The topological polar surface area (TPSA) is 112 Å². The van der Waals surface area contributed by atoms with Crippen molar-refractivity contribution in [3.05, 3.63) is 70.9 Å². The molecule has 0 bridgehead atoms. The Morgan fingerprint density at radius 2 is 1.90 bits per heavy atom. The molecule has 0 radical (unpaired) electrons. The van der Waals surface area contributed by atoms with E-state index < -0.39 is 23.5 Å². The van der Waals surface area contributed by atoms with Crippen molar-refractivity contribution < 1.29 is 24.5 Å². The summed E-state index contributed by atoms with van der Waals surface area (Å²) in [5, 5.41) is 23.3. The zero-order chi connectivity index (χ0) is 28.9. The number of hydrogen-bond acceptors (Lipinski definition) is 6. The number of nitrogens with zero attached hydrogens (tertiary/aromatic N) is 2. The molecule has 220 valence electrons. The van der Waals surface area contributed by atoms with Crippen LogP contribution in [-0.4, -0.2) is 70.9 Å². The predicted octanol–water partition coefficient (Wildman–Crippen LogP) is 5.62.